The summed E-state index contributed by atoms with van der Waals surface area (Å²) < 4.78 is 1.08. The average Bonchev–Trinajstić information content (AvgIpc) is 2.43. The van der Waals surface area contributed by atoms with Crippen LogP contribution in [0.25, 0.3) is 0 Å². The van der Waals surface area contributed by atoms with Gasteiger partial charge in [-0.25, -0.2) is 5.43 Å². The van der Waals surface area contributed by atoms with E-state index >= 15 is 0 Å². The smallest absolute Gasteiger partial charge is 0.0713 e. The summed E-state index contributed by atoms with van der Waals surface area (Å²) in [6.45, 7) is 2.12. The van der Waals surface area contributed by atoms with Crippen LogP contribution < -0.4 is 11.3 Å². The molecule has 21 heavy (non-hydrogen) atoms. The molecule has 1 saturated carbocycles. The Morgan fingerprint density at radius 1 is 1.14 bits per heavy atom. The zero-order valence-electron chi connectivity index (χ0n) is 12.3. The third kappa shape index (κ3) is 3.05. The van der Waals surface area contributed by atoms with Gasteiger partial charge in [-0.15, -0.1) is 0 Å². The molecule has 1 unspecified atom stereocenters. The van der Waals surface area contributed by atoms with Crippen LogP contribution in [0.1, 0.15) is 53.5 Å². The van der Waals surface area contributed by atoms with Crippen molar-refractivity contribution in [3.8, 4) is 0 Å². The molecule has 3 rings (SSSR count). The highest BCUT2D eigenvalue weighted by Crippen LogP contribution is 2.37. The molecule has 1 atom stereocenters. The van der Waals surface area contributed by atoms with E-state index in [2.05, 4.69) is 70.7 Å². The number of hydrogen-bond acceptors (Lipinski definition) is 2. The third-order valence-electron chi connectivity index (χ3n) is 4.57. The first kappa shape index (κ1) is 14.8. The molecule has 0 aromatic heterocycles. The van der Waals surface area contributed by atoms with Gasteiger partial charge in [-0.2, -0.15) is 0 Å². The summed E-state index contributed by atoms with van der Waals surface area (Å²) in [6, 6.07) is 15.3. The van der Waals surface area contributed by atoms with Crippen LogP contribution >= 0.6 is 15.9 Å². The first-order valence-electron chi connectivity index (χ1n) is 7.51. The Kier molecular flexibility index (Phi) is 4.43. The van der Waals surface area contributed by atoms with Crippen LogP contribution in [0.3, 0.4) is 0 Å². The SMILES string of the molecule is Cc1ccc(Br)cc1C(NN)c1ccc(C2CCC2)cc1. The van der Waals surface area contributed by atoms with Gasteiger partial charge in [0.25, 0.3) is 0 Å². The lowest BCUT2D eigenvalue weighted by molar-refractivity contribution is 0.419. The number of aryl methyl sites for hydroxylation is 1. The van der Waals surface area contributed by atoms with Crippen LogP contribution in [-0.4, -0.2) is 0 Å². The molecule has 1 fully saturated rings. The predicted octanol–water partition coefficient (Wildman–Crippen LogP) is 4.58. The van der Waals surface area contributed by atoms with Crippen molar-refractivity contribution in [1.29, 1.82) is 0 Å². The molecule has 0 spiro atoms. The lowest BCUT2D eigenvalue weighted by Gasteiger charge is -2.26. The van der Waals surface area contributed by atoms with E-state index in [1.807, 2.05) is 0 Å². The number of rotatable bonds is 4. The van der Waals surface area contributed by atoms with Gasteiger partial charge in [0.15, 0.2) is 0 Å². The van der Waals surface area contributed by atoms with E-state index in [1.165, 1.54) is 41.5 Å². The standard InChI is InChI=1S/C18H21BrN2/c1-12-5-10-16(19)11-17(12)18(21-20)15-8-6-14(7-9-15)13-3-2-4-13/h5-11,13,18,21H,2-4,20H2,1H3. The predicted molar refractivity (Wildman–Crippen MR) is 91.1 cm³/mol. The van der Waals surface area contributed by atoms with Crippen LogP contribution in [0, 0.1) is 6.92 Å². The minimum absolute atomic E-state index is 0.0259. The van der Waals surface area contributed by atoms with E-state index in [0.717, 1.165) is 10.4 Å². The lowest BCUT2D eigenvalue weighted by atomic mass is 9.79. The highest BCUT2D eigenvalue weighted by atomic mass is 79.9. The largest absolute Gasteiger partial charge is 0.271 e. The molecule has 110 valence electrons. The van der Waals surface area contributed by atoms with Crippen molar-refractivity contribution in [2.45, 2.75) is 38.1 Å². The Morgan fingerprint density at radius 3 is 2.43 bits per heavy atom. The number of hydrazine groups is 1. The molecule has 0 aliphatic heterocycles. The molecule has 3 heteroatoms. The fraction of sp³-hybridized carbons (Fsp3) is 0.333. The maximum atomic E-state index is 5.83. The minimum atomic E-state index is 0.0259. The van der Waals surface area contributed by atoms with Crippen molar-refractivity contribution in [3.05, 3.63) is 69.2 Å². The Labute approximate surface area is 134 Å². The molecule has 2 aromatic carbocycles. The Hall–Kier alpha value is -1.16. The zero-order chi connectivity index (χ0) is 14.8. The molecule has 0 heterocycles. The summed E-state index contributed by atoms with van der Waals surface area (Å²) >= 11 is 3.55. The maximum absolute atomic E-state index is 5.83. The summed E-state index contributed by atoms with van der Waals surface area (Å²) in [6.07, 6.45) is 4.04. The van der Waals surface area contributed by atoms with E-state index in [-0.39, 0.29) is 6.04 Å². The van der Waals surface area contributed by atoms with Gasteiger partial charge < -0.3 is 0 Å². The van der Waals surface area contributed by atoms with Gasteiger partial charge >= 0.3 is 0 Å². The second kappa shape index (κ2) is 6.30. The monoisotopic (exact) mass is 344 g/mol. The van der Waals surface area contributed by atoms with Crippen molar-refractivity contribution in [1.82, 2.24) is 5.43 Å². The van der Waals surface area contributed by atoms with Crippen molar-refractivity contribution in [2.75, 3.05) is 0 Å². The molecule has 2 aromatic rings. The maximum Gasteiger partial charge on any atom is 0.0713 e. The molecule has 0 amide bonds. The lowest BCUT2D eigenvalue weighted by Crippen LogP contribution is -2.29. The Bertz CT molecular complexity index is 618. The van der Waals surface area contributed by atoms with Crippen LogP contribution in [0.2, 0.25) is 0 Å². The fourth-order valence-electron chi connectivity index (χ4n) is 2.99. The Balaban J connectivity index is 1.90. The topological polar surface area (TPSA) is 38.0 Å². The molecule has 2 nitrogen and oxygen atoms in total. The summed E-state index contributed by atoms with van der Waals surface area (Å²) in [7, 11) is 0. The van der Waals surface area contributed by atoms with Gasteiger partial charge in [0, 0.05) is 4.47 Å². The Morgan fingerprint density at radius 2 is 1.86 bits per heavy atom. The van der Waals surface area contributed by atoms with Gasteiger partial charge in [-0.3, -0.25) is 5.84 Å². The summed E-state index contributed by atoms with van der Waals surface area (Å²) in [5.41, 5.74) is 8.08. The van der Waals surface area contributed by atoms with Gasteiger partial charge in [-0.05, 0) is 60.1 Å². The average molecular weight is 345 g/mol. The number of nitrogens with one attached hydrogen (secondary N) is 1. The molecular formula is C18H21BrN2. The van der Waals surface area contributed by atoms with E-state index < -0.39 is 0 Å². The van der Waals surface area contributed by atoms with E-state index in [9.17, 15) is 0 Å². The highest BCUT2D eigenvalue weighted by molar-refractivity contribution is 9.10. The van der Waals surface area contributed by atoms with E-state index in [4.69, 9.17) is 5.84 Å². The summed E-state index contributed by atoms with van der Waals surface area (Å²) in [4.78, 5) is 0. The second-order valence-electron chi connectivity index (χ2n) is 5.90. The van der Waals surface area contributed by atoms with Gasteiger partial charge in [0.2, 0.25) is 0 Å². The van der Waals surface area contributed by atoms with Crippen LogP contribution in [-0.2, 0) is 0 Å². The number of hydrogen-bond donors (Lipinski definition) is 2. The quantitative estimate of drug-likeness (QED) is 0.629. The van der Waals surface area contributed by atoms with Gasteiger partial charge in [-0.1, -0.05) is 52.7 Å². The van der Waals surface area contributed by atoms with Crippen molar-refractivity contribution in [2.24, 2.45) is 5.84 Å². The molecule has 1 aliphatic rings. The zero-order valence-corrected chi connectivity index (χ0v) is 13.9. The fourth-order valence-corrected chi connectivity index (χ4v) is 3.37. The van der Waals surface area contributed by atoms with Crippen molar-refractivity contribution in [3.63, 3.8) is 0 Å². The highest BCUT2D eigenvalue weighted by Gasteiger charge is 2.20. The van der Waals surface area contributed by atoms with Crippen LogP contribution in [0.5, 0.6) is 0 Å². The first-order valence-corrected chi connectivity index (χ1v) is 8.30. The second-order valence-corrected chi connectivity index (χ2v) is 6.81. The number of benzene rings is 2. The van der Waals surface area contributed by atoms with E-state index in [0.29, 0.717) is 0 Å². The molecular weight excluding hydrogens is 324 g/mol. The van der Waals surface area contributed by atoms with E-state index in [1.54, 1.807) is 0 Å². The molecule has 0 radical (unpaired) electrons. The van der Waals surface area contributed by atoms with Gasteiger partial charge in [0.05, 0.1) is 6.04 Å². The molecule has 0 bridgehead atoms. The number of halogens is 1. The van der Waals surface area contributed by atoms with Crippen molar-refractivity contribution >= 4 is 15.9 Å². The minimum Gasteiger partial charge on any atom is -0.271 e. The van der Waals surface area contributed by atoms with Crippen LogP contribution in [0.4, 0.5) is 0 Å². The molecule has 3 N–H and O–H groups in total. The van der Waals surface area contributed by atoms with Crippen LogP contribution in [0.15, 0.2) is 46.9 Å². The normalized spacial score (nSPS) is 16.5. The molecule has 0 saturated heterocycles. The summed E-state index contributed by atoms with van der Waals surface area (Å²) in [5, 5.41) is 0. The third-order valence-corrected chi connectivity index (χ3v) is 5.06. The van der Waals surface area contributed by atoms with Gasteiger partial charge in [0.1, 0.15) is 0 Å². The molecule has 1 aliphatic carbocycles. The number of nitrogens with two attached hydrogens (primary N) is 1. The van der Waals surface area contributed by atoms with Crippen molar-refractivity contribution < 1.29 is 0 Å². The first-order chi connectivity index (χ1) is 10.2. The summed E-state index contributed by atoms with van der Waals surface area (Å²) in [5.74, 6) is 6.60.